The second-order valence-electron chi connectivity index (χ2n) is 4.83. The number of amides is 2. The molecule has 6 heteroatoms. The van der Waals surface area contributed by atoms with Gasteiger partial charge in [-0.15, -0.1) is 0 Å². The van der Waals surface area contributed by atoms with Crippen molar-refractivity contribution >= 4 is 22.8 Å². The van der Waals surface area contributed by atoms with Crippen LogP contribution in [0.15, 0.2) is 33.5 Å². The normalized spacial score (nSPS) is 15.0. The minimum absolute atomic E-state index is 0.0894. The van der Waals surface area contributed by atoms with Crippen molar-refractivity contribution < 1.29 is 18.7 Å². The van der Waals surface area contributed by atoms with Gasteiger partial charge in [-0.3, -0.25) is 14.5 Å². The van der Waals surface area contributed by atoms with E-state index in [2.05, 4.69) is 0 Å². The molecule has 0 saturated carbocycles. The fourth-order valence-electron chi connectivity index (χ4n) is 2.44. The van der Waals surface area contributed by atoms with E-state index in [-0.39, 0.29) is 31.2 Å². The number of carbonyl (C=O) groups excluding carboxylic acids is 2. The molecular formula is C15H13NO5. The largest absolute Gasteiger partial charge is 0.497 e. The highest BCUT2D eigenvalue weighted by Gasteiger charge is 2.29. The lowest BCUT2D eigenvalue weighted by atomic mass is 10.1. The molecule has 1 fully saturated rings. The van der Waals surface area contributed by atoms with Crippen molar-refractivity contribution in [3.05, 3.63) is 40.2 Å². The molecular weight excluding hydrogens is 274 g/mol. The smallest absolute Gasteiger partial charge is 0.336 e. The second kappa shape index (κ2) is 5.05. The first-order valence-corrected chi connectivity index (χ1v) is 6.52. The number of hydrogen-bond donors (Lipinski definition) is 0. The number of likely N-dealkylation sites (tertiary alicyclic amines) is 1. The minimum Gasteiger partial charge on any atom is -0.497 e. The predicted octanol–water partition coefficient (Wildman–Crippen LogP) is 1.45. The van der Waals surface area contributed by atoms with E-state index < -0.39 is 5.63 Å². The third-order valence-electron chi connectivity index (χ3n) is 3.52. The summed E-state index contributed by atoms with van der Waals surface area (Å²) in [6.45, 7) is 0.0894. The zero-order chi connectivity index (χ0) is 15.0. The first-order valence-electron chi connectivity index (χ1n) is 6.52. The standard InChI is InChI=1S/C15H13NO5/c1-20-10-2-3-11-9(6-15(19)21-12(11)7-10)8-16-13(17)4-5-14(16)18/h2-3,6-7H,4-5,8H2,1H3. The van der Waals surface area contributed by atoms with Gasteiger partial charge in [0, 0.05) is 30.4 Å². The quantitative estimate of drug-likeness (QED) is 0.631. The van der Waals surface area contributed by atoms with E-state index in [0.717, 1.165) is 0 Å². The highest BCUT2D eigenvalue weighted by molar-refractivity contribution is 6.02. The Balaban J connectivity index is 2.07. The van der Waals surface area contributed by atoms with Crippen LogP contribution in [0.5, 0.6) is 5.75 Å². The van der Waals surface area contributed by atoms with Gasteiger partial charge in [0.05, 0.1) is 13.7 Å². The number of fused-ring (bicyclic) bond motifs is 1. The van der Waals surface area contributed by atoms with Crippen molar-refractivity contribution in [2.24, 2.45) is 0 Å². The van der Waals surface area contributed by atoms with Crippen molar-refractivity contribution in [2.75, 3.05) is 7.11 Å². The predicted molar refractivity (Wildman–Crippen MR) is 73.8 cm³/mol. The van der Waals surface area contributed by atoms with Crippen LogP contribution in [0.2, 0.25) is 0 Å². The van der Waals surface area contributed by atoms with Gasteiger partial charge in [-0.1, -0.05) is 0 Å². The number of carbonyl (C=O) groups is 2. The lowest BCUT2D eigenvalue weighted by Crippen LogP contribution is -2.28. The Kier molecular flexibility index (Phi) is 3.21. The fourth-order valence-corrected chi connectivity index (χ4v) is 2.44. The van der Waals surface area contributed by atoms with Crippen LogP contribution in [-0.4, -0.2) is 23.8 Å². The Morgan fingerprint density at radius 1 is 1.14 bits per heavy atom. The molecule has 0 spiro atoms. The number of imide groups is 1. The van der Waals surface area contributed by atoms with Crippen LogP contribution in [0.3, 0.4) is 0 Å². The molecule has 0 aliphatic carbocycles. The topological polar surface area (TPSA) is 76.8 Å². The van der Waals surface area contributed by atoms with E-state index in [9.17, 15) is 14.4 Å². The van der Waals surface area contributed by atoms with Crippen LogP contribution in [0, 0.1) is 0 Å². The summed E-state index contributed by atoms with van der Waals surface area (Å²) in [5.74, 6) is 0.140. The molecule has 1 aliphatic heterocycles. The molecule has 21 heavy (non-hydrogen) atoms. The lowest BCUT2D eigenvalue weighted by Gasteiger charge is -2.14. The molecule has 3 rings (SSSR count). The van der Waals surface area contributed by atoms with E-state index in [4.69, 9.17) is 9.15 Å². The molecule has 0 unspecified atom stereocenters. The van der Waals surface area contributed by atoms with Crippen molar-refractivity contribution in [3.8, 4) is 5.75 Å². The van der Waals surface area contributed by atoms with Crippen LogP contribution >= 0.6 is 0 Å². The first-order chi connectivity index (χ1) is 10.1. The van der Waals surface area contributed by atoms with Gasteiger partial charge in [0.25, 0.3) is 0 Å². The average molecular weight is 287 g/mol. The zero-order valence-corrected chi connectivity index (χ0v) is 11.4. The molecule has 0 bridgehead atoms. The zero-order valence-electron chi connectivity index (χ0n) is 11.4. The summed E-state index contributed by atoms with van der Waals surface area (Å²) in [6, 6.07) is 6.40. The second-order valence-corrected chi connectivity index (χ2v) is 4.83. The molecule has 108 valence electrons. The molecule has 0 N–H and O–H groups in total. The van der Waals surface area contributed by atoms with Gasteiger partial charge < -0.3 is 9.15 Å². The van der Waals surface area contributed by atoms with E-state index in [1.165, 1.54) is 18.1 Å². The van der Waals surface area contributed by atoms with Crippen molar-refractivity contribution in [1.29, 1.82) is 0 Å². The number of ether oxygens (including phenoxy) is 1. The van der Waals surface area contributed by atoms with Crippen molar-refractivity contribution in [1.82, 2.24) is 4.90 Å². The Morgan fingerprint density at radius 3 is 2.52 bits per heavy atom. The summed E-state index contributed by atoms with van der Waals surface area (Å²) in [6.07, 6.45) is 0.456. The molecule has 0 atom stereocenters. The van der Waals surface area contributed by atoms with E-state index in [1.54, 1.807) is 18.2 Å². The SMILES string of the molecule is COc1ccc2c(CN3C(=O)CCC3=O)cc(=O)oc2c1. The molecule has 2 aromatic rings. The summed E-state index contributed by atoms with van der Waals surface area (Å²) in [5.41, 5.74) is 0.438. The first kappa shape index (κ1) is 13.4. The fraction of sp³-hybridized carbons (Fsp3) is 0.267. The third kappa shape index (κ3) is 2.40. The number of benzene rings is 1. The number of methoxy groups -OCH3 is 1. The van der Waals surface area contributed by atoms with Crippen LogP contribution in [0.4, 0.5) is 0 Å². The number of nitrogens with zero attached hydrogens (tertiary/aromatic N) is 1. The average Bonchev–Trinajstić information content (AvgIpc) is 2.78. The van der Waals surface area contributed by atoms with Crippen molar-refractivity contribution in [2.45, 2.75) is 19.4 Å². The van der Waals surface area contributed by atoms with Crippen molar-refractivity contribution in [3.63, 3.8) is 0 Å². The molecule has 0 radical (unpaired) electrons. The Bertz CT molecular complexity index is 776. The van der Waals surface area contributed by atoms with Crippen LogP contribution in [-0.2, 0) is 16.1 Å². The highest BCUT2D eigenvalue weighted by atomic mass is 16.5. The molecule has 1 saturated heterocycles. The van der Waals surface area contributed by atoms with Gasteiger partial charge in [-0.2, -0.15) is 0 Å². The number of hydrogen-bond acceptors (Lipinski definition) is 5. The maximum Gasteiger partial charge on any atom is 0.336 e. The van der Waals surface area contributed by atoms with Crippen LogP contribution in [0.25, 0.3) is 11.0 Å². The Labute approximate surface area is 119 Å². The summed E-state index contributed by atoms with van der Waals surface area (Å²) in [7, 11) is 1.52. The van der Waals surface area contributed by atoms with Gasteiger partial charge in [0.15, 0.2) is 0 Å². The van der Waals surface area contributed by atoms with Gasteiger partial charge in [0.1, 0.15) is 11.3 Å². The maximum absolute atomic E-state index is 11.7. The van der Waals surface area contributed by atoms with Gasteiger partial charge in [-0.25, -0.2) is 4.79 Å². The van der Waals surface area contributed by atoms with E-state index in [0.29, 0.717) is 22.3 Å². The maximum atomic E-state index is 11.7. The van der Waals surface area contributed by atoms with Gasteiger partial charge in [-0.05, 0) is 17.7 Å². The monoisotopic (exact) mass is 287 g/mol. The molecule has 2 amide bonds. The highest BCUT2D eigenvalue weighted by Crippen LogP contribution is 2.24. The lowest BCUT2D eigenvalue weighted by molar-refractivity contribution is -0.139. The number of rotatable bonds is 3. The van der Waals surface area contributed by atoms with Crippen LogP contribution in [0.1, 0.15) is 18.4 Å². The molecule has 1 aliphatic rings. The molecule has 2 heterocycles. The third-order valence-corrected chi connectivity index (χ3v) is 3.52. The molecule has 6 nitrogen and oxygen atoms in total. The Morgan fingerprint density at radius 2 is 1.86 bits per heavy atom. The Hall–Kier alpha value is -2.63. The van der Waals surface area contributed by atoms with Crippen LogP contribution < -0.4 is 10.4 Å². The van der Waals surface area contributed by atoms with Gasteiger partial charge >= 0.3 is 5.63 Å². The summed E-state index contributed by atoms with van der Waals surface area (Å²) >= 11 is 0. The minimum atomic E-state index is -0.523. The van der Waals surface area contributed by atoms with Gasteiger partial charge in [0.2, 0.25) is 11.8 Å². The summed E-state index contributed by atoms with van der Waals surface area (Å²) in [4.78, 5) is 36.2. The summed E-state index contributed by atoms with van der Waals surface area (Å²) < 4.78 is 10.2. The van der Waals surface area contributed by atoms with E-state index in [1.807, 2.05) is 0 Å². The van der Waals surface area contributed by atoms with E-state index >= 15 is 0 Å². The molecule has 1 aromatic carbocycles. The molecule has 1 aromatic heterocycles. The summed E-state index contributed by atoms with van der Waals surface area (Å²) in [5, 5.41) is 0.683.